The molecule has 1 heterocycles. The normalized spacial score (nSPS) is 15.0. The van der Waals surface area contributed by atoms with Gasteiger partial charge in [-0.1, -0.05) is 6.07 Å². The summed E-state index contributed by atoms with van der Waals surface area (Å²) in [5.41, 5.74) is 0.939. The Morgan fingerprint density at radius 1 is 1.17 bits per heavy atom. The molecule has 0 aromatic heterocycles. The first-order valence-corrected chi connectivity index (χ1v) is 7.63. The lowest BCUT2D eigenvalue weighted by atomic mass is 10.1. The maximum absolute atomic E-state index is 12.6. The maximum Gasteiger partial charge on any atom is 0.270 e. The van der Waals surface area contributed by atoms with Crippen LogP contribution in [0.4, 0.5) is 0 Å². The van der Waals surface area contributed by atoms with Crippen LogP contribution in [0.25, 0.3) is 6.08 Å². The Hall–Kier alpha value is -2.54. The molecular weight excluding hydrogens is 312 g/mol. The van der Waals surface area contributed by atoms with Crippen LogP contribution < -0.4 is 14.8 Å². The minimum absolute atomic E-state index is 0.219. The van der Waals surface area contributed by atoms with Crippen LogP contribution in [0.1, 0.15) is 12.5 Å². The summed E-state index contributed by atoms with van der Waals surface area (Å²) in [5, 5.41) is 2.61. The molecule has 0 atom stereocenters. The molecule has 7 nitrogen and oxygen atoms in total. The van der Waals surface area contributed by atoms with E-state index < -0.39 is 0 Å². The Morgan fingerprint density at radius 2 is 1.83 bits per heavy atom. The summed E-state index contributed by atoms with van der Waals surface area (Å²) in [6.07, 6.45) is 1.63. The quantitative estimate of drug-likeness (QED) is 0.814. The van der Waals surface area contributed by atoms with E-state index in [0.29, 0.717) is 37.8 Å². The number of amides is 2. The first-order chi connectivity index (χ1) is 11.5. The fourth-order valence-electron chi connectivity index (χ4n) is 2.39. The van der Waals surface area contributed by atoms with Crippen LogP contribution in [0.15, 0.2) is 23.9 Å². The summed E-state index contributed by atoms with van der Waals surface area (Å²) in [6.45, 7) is 3.36. The summed E-state index contributed by atoms with van der Waals surface area (Å²) in [5.74, 6) is 0.606. The maximum atomic E-state index is 12.6. The first kappa shape index (κ1) is 17.8. The second-order valence-electron chi connectivity index (χ2n) is 5.26. The van der Waals surface area contributed by atoms with E-state index >= 15 is 0 Å². The lowest BCUT2D eigenvalue weighted by Gasteiger charge is -2.27. The van der Waals surface area contributed by atoms with Gasteiger partial charge in [0.25, 0.3) is 5.91 Å². The number of carbonyl (C=O) groups excluding carboxylic acids is 2. The molecule has 1 aliphatic rings. The molecule has 1 N–H and O–H groups in total. The molecule has 1 fully saturated rings. The van der Waals surface area contributed by atoms with E-state index in [1.54, 1.807) is 43.4 Å². The van der Waals surface area contributed by atoms with Crippen molar-refractivity contribution in [2.24, 2.45) is 0 Å². The molecule has 1 aromatic carbocycles. The first-order valence-electron chi connectivity index (χ1n) is 7.63. The van der Waals surface area contributed by atoms with Crippen molar-refractivity contribution in [3.05, 3.63) is 29.5 Å². The number of benzene rings is 1. The van der Waals surface area contributed by atoms with E-state index in [9.17, 15) is 9.59 Å². The number of rotatable bonds is 5. The van der Waals surface area contributed by atoms with Crippen molar-refractivity contribution < 1.29 is 23.8 Å². The zero-order valence-corrected chi connectivity index (χ0v) is 14.1. The molecule has 1 aromatic rings. The summed E-state index contributed by atoms with van der Waals surface area (Å²) in [7, 11) is 3.09. The number of nitrogens with zero attached hydrogens (tertiary/aromatic N) is 1. The van der Waals surface area contributed by atoms with E-state index in [4.69, 9.17) is 14.2 Å². The molecule has 24 heavy (non-hydrogen) atoms. The molecule has 0 bridgehead atoms. The minimum atomic E-state index is -0.302. The second kappa shape index (κ2) is 8.35. The summed E-state index contributed by atoms with van der Waals surface area (Å²) >= 11 is 0. The monoisotopic (exact) mass is 334 g/mol. The van der Waals surface area contributed by atoms with Crippen molar-refractivity contribution >= 4 is 17.9 Å². The van der Waals surface area contributed by atoms with Crippen LogP contribution in [0.3, 0.4) is 0 Å². The third kappa shape index (κ3) is 4.48. The lowest BCUT2D eigenvalue weighted by molar-refractivity contribution is -0.132. The van der Waals surface area contributed by atoms with Crippen LogP contribution in [0.2, 0.25) is 0 Å². The third-order valence-electron chi connectivity index (χ3n) is 3.56. The molecule has 0 saturated carbocycles. The highest BCUT2D eigenvalue weighted by molar-refractivity contribution is 6.01. The molecule has 2 amide bonds. The van der Waals surface area contributed by atoms with E-state index in [1.807, 2.05) is 0 Å². The van der Waals surface area contributed by atoms with Gasteiger partial charge in [0, 0.05) is 20.0 Å². The van der Waals surface area contributed by atoms with Gasteiger partial charge in [-0.25, -0.2) is 0 Å². The van der Waals surface area contributed by atoms with Crippen molar-refractivity contribution in [2.75, 3.05) is 40.5 Å². The van der Waals surface area contributed by atoms with Gasteiger partial charge in [-0.15, -0.1) is 0 Å². The molecule has 0 radical (unpaired) electrons. The molecular formula is C17H22N2O5. The molecule has 130 valence electrons. The van der Waals surface area contributed by atoms with Gasteiger partial charge in [-0.05, 0) is 23.8 Å². The number of carbonyl (C=O) groups is 2. The molecule has 7 heteroatoms. The van der Waals surface area contributed by atoms with Gasteiger partial charge in [-0.3, -0.25) is 9.59 Å². The Bertz CT molecular complexity index is 636. The van der Waals surface area contributed by atoms with Crippen LogP contribution in [0.5, 0.6) is 11.5 Å². The molecule has 1 aliphatic heterocycles. The topological polar surface area (TPSA) is 77.1 Å². The fraction of sp³-hybridized carbons (Fsp3) is 0.412. The lowest BCUT2D eigenvalue weighted by Crippen LogP contribution is -2.44. The van der Waals surface area contributed by atoms with Crippen LogP contribution in [-0.4, -0.2) is 57.2 Å². The second-order valence-corrected chi connectivity index (χ2v) is 5.26. The van der Waals surface area contributed by atoms with Gasteiger partial charge in [0.05, 0.1) is 27.4 Å². The van der Waals surface area contributed by atoms with Gasteiger partial charge < -0.3 is 24.4 Å². The Labute approximate surface area is 141 Å². The van der Waals surface area contributed by atoms with Crippen molar-refractivity contribution in [3.63, 3.8) is 0 Å². The Morgan fingerprint density at radius 3 is 2.42 bits per heavy atom. The summed E-state index contributed by atoms with van der Waals surface area (Å²) in [6, 6.07) is 5.28. The van der Waals surface area contributed by atoms with E-state index in [0.717, 1.165) is 5.56 Å². The van der Waals surface area contributed by atoms with Gasteiger partial charge in [0.2, 0.25) is 5.91 Å². The highest BCUT2D eigenvalue weighted by atomic mass is 16.5. The Kier molecular flexibility index (Phi) is 6.20. The molecule has 0 unspecified atom stereocenters. The molecule has 2 rings (SSSR count). The molecule has 0 aliphatic carbocycles. The highest BCUT2D eigenvalue weighted by Gasteiger charge is 2.21. The summed E-state index contributed by atoms with van der Waals surface area (Å²) in [4.78, 5) is 25.8. The largest absolute Gasteiger partial charge is 0.493 e. The number of hydrogen-bond donors (Lipinski definition) is 1. The van der Waals surface area contributed by atoms with Gasteiger partial charge >= 0.3 is 0 Å². The Balaban J connectivity index is 2.30. The van der Waals surface area contributed by atoms with E-state index in [1.165, 1.54) is 6.92 Å². The van der Waals surface area contributed by atoms with Crippen molar-refractivity contribution in [1.29, 1.82) is 0 Å². The number of hydrogen-bond acceptors (Lipinski definition) is 5. The van der Waals surface area contributed by atoms with E-state index in [2.05, 4.69) is 5.32 Å². The van der Waals surface area contributed by atoms with Gasteiger partial charge in [-0.2, -0.15) is 0 Å². The fourth-order valence-corrected chi connectivity index (χ4v) is 2.39. The number of methoxy groups -OCH3 is 2. The molecule has 1 saturated heterocycles. The predicted octanol–water partition coefficient (Wildman–Crippen LogP) is 1.04. The number of ether oxygens (including phenoxy) is 3. The molecule has 0 spiro atoms. The summed E-state index contributed by atoms with van der Waals surface area (Å²) < 4.78 is 15.7. The van der Waals surface area contributed by atoms with Crippen molar-refractivity contribution in [3.8, 4) is 11.5 Å². The predicted molar refractivity (Wildman–Crippen MR) is 88.7 cm³/mol. The smallest absolute Gasteiger partial charge is 0.270 e. The zero-order valence-electron chi connectivity index (χ0n) is 14.1. The van der Waals surface area contributed by atoms with Crippen LogP contribution in [-0.2, 0) is 14.3 Å². The van der Waals surface area contributed by atoms with Crippen LogP contribution in [0, 0.1) is 0 Å². The SMILES string of the molecule is COc1ccc(/C=C(\NC(C)=O)C(=O)N2CCOCC2)cc1OC. The average Bonchev–Trinajstić information content (AvgIpc) is 2.60. The minimum Gasteiger partial charge on any atom is -0.493 e. The number of nitrogens with one attached hydrogen (secondary N) is 1. The highest BCUT2D eigenvalue weighted by Crippen LogP contribution is 2.28. The third-order valence-corrected chi connectivity index (χ3v) is 3.56. The van der Waals surface area contributed by atoms with Crippen molar-refractivity contribution in [2.45, 2.75) is 6.92 Å². The van der Waals surface area contributed by atoms with E-state index in [-0.39, 0.29) is 17.5 Å². The van der Waals surface area contributed by atoms with Crippen LogP contribution >= 0.6 is 0 Å². The standard InChI is InChI=1S/C17H22N2O5/c1-12(20)18-14(17(21)19-6-8-24-9-7-19)10-13-4-5-15(22-2)16(11-13)23-3/h4-5,10-11H,6-9H2,1-3H3,(H,18,20)/b14-10-. The number of morpholine rings is 1. The van der Waals surface area contributed by atoms with Crippen molar-refractivity contribution in [1.82, 2.24) is 10.2 Å². The zero-order chi connectivity index (χ0) is 17.5. The van der Waals surface area contributed by atoms with Gasteiger partial charge in [0.15, 0.2) is 11.5 Å². The van der Waals surface area contributed by atoms with Gasteiger partial charge in [0.1, 0.15) is 5.70 Å². The average molecular weight is 334 g/mol.